The minimum atomic E-state index is 0.0490. The highest BCUT2D eigenvalue weighted by atomic mass is 32.1. The van der Waals surface area contributed by atoms with Crippen molar-refractivity contribution in [1.29, 1.82) is 0 Å². The number of nitrogens with zero attached hydrogens (tertiary/aromatic N) is 1. The first-order valence-corrected chi connectivity index (χ1v) is 8.10. The van der Waals surface area contributed by atoms with Gasteiger partial charge in [-0.2, -0.15) is 0 Å². The quantitative estimate of drug-likeness (QED) is 0.865. The molecule has 114 valence electrons. The van der Waals surface area contributed by atoms with Gasteiger partial charge in [-0.05, 0) is 24.8 Å². The number of hydrogen-bond acceptors (Lipinski definition) is 4. The predicted molar refractivity (Wildman–Crippen MR) is 83.4 cm³/mol. The van der Waals surface area contributed by atoms with Crippen LogP contribution in [-0.2, 0) is 4.74 Å². The van der Waals surface area contributed by atoms with Gasteiger partial charge in [0.15, 0.2) is 0 Å². The Bertz CT molecular complexity index is 523. The molecule has 1 fully saturated rings. The van der Waals surface area contributed by atoms with Gasteiger partial charge in [-0.1, -0.05) is 11.8 Å². The summed E-state index contributed by atoms with van der Waals surface area (Å²) in [7, 11) is 1.85. The number of rotatable bonds is 4. The van der Waals surface area contributed by atoms with Gasteiger partial charge in [0.2, 0.25) is 0 Å². The molecule has 0 aliphatic carbocycles. The van der Waals surface area contributed by atoms with Crippen LogP contribution in [0.4, 0.5) is 0 Å². The molecule has 21 heavy (non-hydrogen) atoms. The second kappa shape index (κ2) is 8.18. The maximum atomic E-state index is 12.4. The van der Waals surface area contributed by atoms with Gasteiger partial charge in [-0.3, -0.25) is 4.79 Å². The van der Waals surface area contributed by atoms with E-state index in [9.17, 15) is 4.79 Å². The Hall–Kier alpha value is -1.35. The minimum absolute atomic E-state index is 0.0490. The van der Waals surface area contributed by atoms with Crippen molar-refractivity contribution in [2.24, 2.45) is 5.92 Å². The summed E-state index contributed by atoms with van der Waals surface area (Å²) < 4.78 is 5.34. The van der Waals surface area contributed by atoms with E-state index >= 15 is 0 Å². The monoisotopic (exact) mass is 307 g/mol. The molecule has 0 aromatic carbocycles. The summed E-state index contributed by atoms with van der Waals surface area (Å²) in [5, 5.41) is 10.6. The van der Waals surface area contributed by atoms with E-state index in [-0.39, 0.29) is 12.5 Å². The van der Waals surface area contributed by atoms with Gasteiger partial charge in [0.25, 0.3) is 5.91 Å². The number of carbonyl (C=O) groups is 1. The molecule has 5 heteroatoms. The van der Waals surface area contributed by atoms with Crippen LogP contribution in [0.5, 0.6) is 0 Å². The van der Waals surface area contributed by atoms with Gasteiger partial charge < -0.3 is 14.7 Å². The zero-order valence-electron chi connectivity index (χ0n) is 12.3. The number of aliphatic hydroxyl groups excluding tert-OH is 1. The molecule has 2 rings (SSSR count). The van der Waals surface area contributed by atoms with Gasteiger partial charge in [0, 0.05) is 38.6 Å². The number of thiophene rings is 1. The number of amides is 1. The molecule has 1 saturated heterocycles. The molecule has 1 amide bonds. The molecule has 0 spiro atoms. The van der Waals surface area contributed by atoms with Crippen molar-refractivity contribution in [3.8, 4) is 11.8 Å². The molecular formula is C16H21NO3S. The van der Waals surface area contributed by atoms with Crippen molar-refractivity contribution in [3.05, 3.63) is 21.9 Å². The smallest absolute Gasteiger partial charge is 0.254 e. The molecule has 1 aliphatic heterocycles. The van der Waals surface area contributed by atoms with Crippen LogP contribution in [0, 0.1) is 17.8 Å². The van der Waals surface area contributed by atoms with Crippen LogP contribution >= 0.6 is 11.3 Å². The van der Waals surface area contributed by atoms with E-state index in [1.807, 2.05) is 18.5 Å². The van der Waals surface area contributed by atoms with Gasteiger partial charge >= 0.3 is 0 Å². The van der Waals surface area contributed by atoms with Crippen molar-refractivity contribution in [2.45, 2.75) is 19.3 Å². The van der Waals surface area contributed by atoms with E-state index < -0.39 is 0 Å². The molecule has 0 atom stereocenters. The van der Waals surface area contributed by atoms with E-state index in [0.29, 0.717) is 17.9 Å². The van der Waals surface area contributed by atoms with E-state index in [1.165, 1.54) is 11.3 Å². The van der Waals surface area contributed by atoms with E-state index in [2.05, 4.69) is 11.8 Å². The highest BCUT2D eigenvalue weighted by molar-refractivity contribution is 7.10. The Kier molecular flexibility index (Phi) is 6.24. The zero-order chi connectivity index (χ0) is 15.1. The maximum absolute atomic E-state index is 12.4. The van der Waals surface area contributed by atoms with Crippen molar-refractivity contribution in [3.63, 3.8) is 0 Å². The summed E-state index contributed by atoms with van der Waals surface area (Å²) in [6.45, 7) is 2.45. The molecule has 4 nitrogen and oxygen atoms in total. The fraction of sp³-hybridized carbons (Fsp3) is 0.562. The fourth-order valence-corrected chi connectivity index (χ4v) is 3.09. The summed E-state index contributed by atoms with van der Waals surface area (Å²) in [5.41, 5.74) is 0.697. The van der Waals surface area contributed by atoms with E-state index in [4.69, 9.17) is 9.84 Å². The number of ether oxygens (including phenoxy) is 1. The third-order valence-corrected chi connectivity index (χ3v) is 4.36. The SMILES string of the molecule is CN(CC1CCOCC1)C(=O)c1csc(C#CCCO)c1. The first-order chi connectivity index (χ1) is 10.2. The zero-order valence-corrected chi connectivity index (χ0v) is 13.1. The summed E-state index contributed by atoms with van der Waals surface area (Å²) in [4.78, 5) is 15.0. The highest BCUT2D eigenvalue weighted by Crippen LogP contribution is 2.19. The third-order valence-electron chi connectivity index (χ3n) is 3.51. The van der Waals surface area contributed by atoms with Crippen LogP contribution in [0.2, 0.25) is 0 Å². The average Bonchev–Trinajstić information content (AvgIpc) is 2.96. The van der Waals surface area contributed by atoms with Crippen LogP contribution in [0.15, 0.2) is 11.4 Å². The molecule has 1 N–H and O–H groups in total. The Balaban J connectivity index is 1.91. The fourth-order valence-electron chi connectivity index (χ4n) is 2.34. The van der Waals surface area contributed by atoms with Crippen molar-refractivity contribution >= 4 is 17.2 Å². The van der Waals surface area contributed by atoms with Crippen LogP contribution in [0.3, 0.4) is 0 Å². The normalized spacial score (nSPS) is 15.3. The average molecular weight is 307 g/mol. The molecular weight excluding hydrogens is 286 g/mol. The maximum Gasteiger partial charge on any atom is 0.254 e. The van der Waals surface area contributed by atoms with Crippen LogP contribution < -0.4 is 0 Å². The highest BCUT2D eigenvalue weighted by Gasteiger charge is 2.20. The lowest BCUT2D eigenvalue weighted by Crippen LogP contribution is -2.33. The Labute approximate surface area is 129 Å². The van der Waals surface area contributed by atoms with Crippen molar-refractivity contribution < 1.29 is 14.6 Å². The number of aliphatic hydroxyl groups is 1. The first kappa shape index (κ1) is 16.0. The first-order valence-electron chi connectivity index (χ1n) is 7.22. The van der Waals surface area contributed by atoms with Crippen LogP contribution in [-0.4, -0.2) is 49.3 Å². The summed E-state index contributed by atoms with van der Waals surface area (Å²) in [6, 6.07) is 1.83. The second-order valence-corrected chi connectivity index (χ2v) is 6.13. The Morgan fingerprint density at radius 2 is 2.29 bits per heavy atom. The lowest BCUT2D eigenvalue weighted by molar-refractivity contribution is 0.0497. The van der Waals surface area contributed by atoms with Gasteiger partial charge in [0.05, 0.1) is 17.0 Å². The van der Waals surface area contributed by atoms with E-state index in [0.717, 1.165) is 37.5 Å². The standard InChI is InChI=1S/C16H21NO3S/c1-17(11-13-5-8-20-9-6-13)16(19)14-10-15(21-12-14)4-2-3-7-18/h10,12-13,18H,3,5-9,11H2,1H3. The molecule has 1 aliphatic rings. The summed E-state index contributed by atoms with van der Waals surface area (Å²) >= 11 is 1.47. The van der Waals surface area contributed by atoms with E-state index in [1.54, 1.807) is 4.90 Å². The molecule has 0 saturated carbocycles. The minimum Gasteiger partial charge on any atom is -0.395 e. The molecule has 0 unspecified atom stereocenters. The molecule has 2 heterocycles. The molecule has 1 aromatic heterocycles. The third kappa shape index (κ3) is 4.85. The van der Waals surface area contributed by atoms with Crippen molar-refractivity contribution in [2.75, 3.05) is 33.4 Å². The second-order valence-electron chi connectivity index (χ2n) is 5.22. The van der Waals surface area contributed by atoms with Gasteiger partial charge in [-0.25, -0.2) is 0 Å². The molecule has 0 bridgehead atoms. The van der Waals surface area contributed by atoms with Crippen LogP contribution in [0.1, 0.15) is 34.5 Å². The van der Waals surface area contributed by atoms with Crippen LogP contribution in [0.25, 0.3) is 0 Å². The number of hydrogen-bond donors (Lipinski definition) is 1. The Morgan fingerprint density at radius 1 is 1.52 bits per heavy atom. The summed E-state index contributed by atoms with van der Waals surface area (Å²) in [5.74, 6) is 6.42. The molecule has 0 radical (unpaired) electrons. The predicted octanol–water partition coefficient (Wildman–Crippen LogP) is 1.98. The lowest BCUT2D eigenvalue weighted by Gasteiger charge is -2.27. The largest absolute Gasteiger partial charge is 0.395 e. The molecule has 1 aromatic rings. The summed E-state index contributed by atoms with van der Waals surface area (Å²) in [6.07, 6.45) is 2.52. The van der Waals surface area contributed by atoms with Gasteiger partial charge in [-0.15, -0.1) is 11.3 Å². The topological polar surface area (TPSA) is 49.8 Å². The Morgan fingerprint density at radius 3 is 3.00 bits per heavy atom. The lowest BCUT2D eigenvalue weighted by atomic mass is 10.00. The van der Waals surface area contributed by atoms with Gasteiger partial charge in [0.1, 0.15) is 0 Å². The number of carbonyl (C=O) groups excluding carboxylic acids is 1. The van der Waals surface area contributed by atoms with Crippen molar-refractivity contribution in [1.82, 2.24) is 4.90 Å².